The Balaban J connectivity index is 3.07. The van der Waals surface area contributed by atoms with E-state index >= 15 is 0 Å². The monoisotopic (exact) mass is 267 g/mol. The van der Waals surface area contributed by atoms with Crippen LogP contribution in [-0.2, 0) is 0 Å². The van der Waals surface area contributed by atoms with Crippen LogP contribution in [0.15, 0.2) is 18.2 Å². The maximum atomic E-state index is 14.2. The molecule has 0 bridgehead atoms. The lowest BCUT2D eigenvalue weighted by molar-refractivity contribution is 0.199. The van der Waals surface area contributed by atoms with E-state index in [1.54, 1.807) is 19.1 Å². The van der Waals surface area contributed by atoms with Crippen LogP contribution in [-0.4, -0.2) is 17.7 Å². The van der Waals surface area contributed by atoms with Crippen LogP contribution in [0.25, 0.3) is 0 Å². The second kappa shape index (κ2) is 7.49. The van der Waals surface area contributed by atoms with Gasteiger partial charge in [0.25, 0.3) is 0 Å². The number of halogens is 1. The zero-order valence-electron chi connectivity index (χ0n) is 12.5. The number of aliphatic hydroxyl groups is 1. The molecule has 0 aliphatic heterocycles. The largest absolute Gasteiger partial charge is 0.389 e. The van der Waals surface area contributed by atoms with E-state index in [0.717, 1.165) is 25.8 Å². The molecule has 1 atom stereocenters. The predicted octanol–water partition coefficient (Wildman–Crippen LogP) is 4.28. The molecule has 0 heterocycles. The first-order valence-electron chi connectivity index (χ1n) is 7.22. The third-order valence-corrected chi connectivity index (χ3v) is 3.38. The SMILES string of the molecule is CCCCCN(c1c(F)cccc1C(C)O)C(C)C. The lowest BCUT2D eigenvalue weighted by Crippen LogP contribution is -2.33. The molecule has 3 heteroatoms. The topological polar surface area (TPSA) is 23.5 Å². The van der Waals surface area contributed by atoms with Gasteiger partial charge in [-0.05, 0) is 33.3 Å². The summed E-state index contributed by atoms with van der Waals surface area (Å²) in [7, 11) is 0. The normalized spacial score (nSPS) is 12.8. The van der Waals surface area contributed by atoms with Gasteiger partial charge in [-0.25, -0.2) is 4.39 Å². The van der Waals surface area contributed by atoms with Crippen LogP contribution in [0.2, 0.25) is 0 Å². The van der Waals surface area contributed by atoms with Crippen molar-refractivity contribution in [2.24, 2.45) is 0 Å². The van der Waals surface area contributed by atoms with Crippen LogP contribution in [0.5, 0.6) is 0 Å². The van der Waals surface area contributed by atoms with Gasteiger partial charge in [-0.1, -0.05) is 31.9 Å². The molecule has 1 aromatic rings. The molecule has 2 nitrogen and oxygen atoms in total. The molecule has 0 saturated heterocycles. The Morgan fingerprint density at radius 2 is 1.89 bits per heavy atom. The van der Waals surface area contributed by atoms with Crippen LogP contribution in [0.3, 0.4) is 0 Å². The van der Waals surface area contributed by atoms with Gasteiger partial charge >= 0.3 is 0 Å². The summed E-state index contributed by atoms with van der Waals surface area (Å²) in [6.07, 6.45) is 2.68. The highest BCUT2D eigenvalue weighted by Gasteiger charge is 2.20. The van der Waals surface area contributed by atoms with Gasteiger partial charge in [-0.2, -0.15) is 0 Å². The van der Waals surface area contributed by atoms with Crippen molar-refractivity contribution >= 4 is 5.69 Å². The maximum absolute atomic E-state index is 14.2. The zero-order valence-corrected chi connectivity index (χ0v) is 12.5. The summed E-state index contributed by atoms with van der Waals surface area (Å²) in [6.45, 7) is 8.79. The quantitative estimate of drug-likeness (QED) is 0.745. The summed E-state index contributed by atoms with van der Waals surface area (Å²) in [4.78, 5) is 2.06. The summed E-state index contributed by atoms with van der Waals surface area (Å²) >= 11 is 0. The number of rotatable bonds is 7. The first kappa shape index (κ1) is 16.0. The molecule has 0 amide bonds. The molecule has 108 valence electrons. The van der Waals surface area contributed by atoms with Crippen molar-refractivity contribution in [2.45, 2.75) is 59.1 Å². The first-order valence-corrected chi connectivity index (χ1v) is 7.22. The fourth-order valence-corrected chi connectivity index (χ4v) is 2.33. The van der Waals surface area contributed by atoms with E-state index in [4.69, 9.17) is 0 Å². The van der Waals surface area contributed by atoms with Crippen molar-refractivity contribution in [1.82, 2.24) is 0 Å². The standard InChI is InChI=1S/C16H26FNO/c1-5-6-7-11-18(12(2)3)16-14(13(4)19)9-8-10-15(16)17/h8-10,12-13,19H,5-7,11H2,1-4H3. The minimum atomic E-state index is -0.655. The van der Waals surface area contributed by atoms with Gasteiger partial charge in [0.05, 0.1) is 11.8 Å². The molecule has 0 spiro atoms. The van der Waals surface area contributed by atoms with Crippen LogP contribution >= 0.6 is 0 Å². The van der Waals surface area contributed by atoms with Crippen LogP contribution in [0, 0.1) is 5.82 Å². The highest BCUT2D eigenvalue weighted by Crippen LogP contribution is 2.31. The smallest absolute Gasteiger partial charge is 0.146 e. The second-order valence-corrected chi connectivity index (χ2v) is 5.35. The number of hydrogen-bond acceptors (Lipinski definition) is 2. The number of anilines is 1. The molecule has 0 aliphatic rings. The summed E-state index contributed by atoms with van der Waals surface area (Å²) < 4.78 is 14.2. The Kier molecular flexibility index (Phi) is 6.29. The van der Waals surface area contributed by atoms with E-state index in [9.17, 15) is 9.50 Å². The third kappa shape index (κ3) is 4.20. The van der Waals surface area contributed by atoms with Crippen LogP contribution < -0.4 is 4.90 Å². The highest BCUT2D eigenvalue weighted by atomic mass is 19.1. The van der Waals surface area contributed by atoms with Gasteiger partial charge in [-0.3, -0.25) is 0 Å². The molecule has 0 radical (unpaired) electrons. The van der Waals surface area contributed by atoms with Crippen molar-refractivity contribution in [3.63, 3.8) is 0 Å². The van der Waals surface area contributed by atoms with Crippen molar-refractivity contribution in [3.05, 3.63) is 29.6 Å². The van der Waals surface area contributed by atoms with Crippen molar-refractivity contribution in [1.29, 1.82) is 0 Å². The molecule has 1 unspecified atom stereocenters. The molecule has 1 rings (SSSR count). The molecule has 1 N–H and O–H groups in total. The molecule has 0 aromatic heterocycles. The fraction of sp³-hybridized carbons (Fsp3) is 0.625. The lowest BCUT2D eigenvalue weighted by Gasteiger charge is -2.32. The molecule has 0 saturated carbocycles. The molecule has 19 heavy (non-hydrogen) atoms. The highest BCUT2D eigenvalue weighted by molar-refractivity contribution is 5.56. The first-order chi connectivity index (χ1) is 8.99. The summed E-state index contributed by atoms with van der Waals surface area (Å²) in [5.74, 6) is -0.247. The minimum absolute atomic E-state index is 0.214. The Hall–Kier alpha value is -1.09. The summed E-state index contributed by atoms with van der Waals surface area (Å²) in [5.41, 5.74) is 1.23. The van der Waals surface area contributed by atoms with Gasteiger partial charge in [0, 0.05) is 18.2 Å². The number of aliphatic hydroxyl groups excluding tert-OH is 1. The average Bonchev–Trinajstić information content (AvgIpc) is 2.34. The molecular formula is C16H26FNO. The number of benzene rings is 1. The Morgan fingerprint density at radius 1 is 1.21 bits per heavy atom. The van der Waals surface area contributed by atoms with Gasteiger partial charge in [-0.15, -0.1) is 0 Å². The Morgan fingerprint density at radius 3 is 2.42 bits per heavy atom. The lowest BCUT2D eigenvalue weighted by atomic mass is 10.0. The average molecular weight is 267 g/mol. The van der Waals surface area contributed by atoms with Gasteiger partial charge in [0.15, 0.2) is 0 Å². The maximum Gasteiger partial charge on any atom is 0.146 e. The van der Waals surface area contributed by atoms with E-state index in [0.29, 0.717) is 11.3 Å². The number of hydrogen-bond donors (Lipinski definition) is 1. The van der Waals surface area contributed by atoms with Crippen LogP contribution in [0.1, 0.15) is 58.6 Å². The van der Waals surface area contributed by atoms with Crippen LogP contribution in [0.4, 0.5) is 10.1 Å². The van der Waals surface area contributed by atoms with E-state index < -0.39 is 6.10 Å². The van der Waals surface area contributed by atoms with Crippen molar-refractivity contribution < 1.29 is 9.50 Å². The molecular weight excluding hydrogens is 241 g/mol. The van der Waals surface area contributed by atoms with Crippen molar-refractivity contribution in [3.8, 4) is 0 Å². The second-order valence-electron chi connectivity index (χ2n) is 5.35. The minimum Gasteiger partial charge on any atom is -0.389 e. The van der Waals surface area contributed by atoms with Gasteiger partial charge in [0.2, 0.25) is 0 Å². The molecule has 0 fully saturated rings. The number of unbranched alkanes of at least 4 members (excludes halogenated alkanes) is 2. The molecule has 1 aromatic carbocycles. The predicted molar refractivity (Wildman–Crippen MR) is 79.0 cm³/mol. The molecule has 0 aliphatic carbocycles. The van der Waals surface area contributed by atoms with E-state index in [1.165, 1.54) is 6.07 Å². The number of nitrogens with zero attached hydrogens (tertiary/aromatic N) is 1. The number of para-hydroxylation sites is 1. The van der Waals surface area contributed by atoms with Gasteiger partial charge < -0.3 is 10.0 Å². The summed E-state index contributed by atoms with van der Waals surface area (Å²) in [6, 6.07) is 5.14. The van der Waals surface area contributed by atoms with Crippen molar-refractivity contribution in [2.75, 3.05) is 11.4 Å². The van der Waals surface area contributed by atoms with E-state index in [2.05, 4.69) is 25.7 Å². The van der Waals surface area contributed by atoms with E-state index in [1.807, 2.05) is 0 Å². The Bertz CT molecular complexity index is 390. The third-order valence-electron chi connectivity index (χ3n) is 3.38. The Labute approximate surface area is 116 Å². The van der Waals surface area contributed by atoms with E-state index in [-0.39, 0.29) is 11.9 Å². The zero-order chi connectivity index (χ0) is 14.4. The van der Waals surface area contributed by atoms with Gasteiger partial charge in [0.1, 0.15) is 5.82 Å². The summed E-state index contributed by atoms with van der Waals surface area (Å²) in [5, 5.41) is 9.84. The fourth-order valence-electron chi connectivity index (χ4n) is 2.33.